The Bertz CT molecular complexity index is 596. The molecule has 5 heteroatoms. The van der Waals surface area contributed by atoms with Gasteiger partial charge in [-0.3, -0.25) is 4.79 Å². The molecule has 5 nitrogen and oxygen atoms in total. The molecule has 0 aromatic carbocycles. The summed E-state index contributed by atoms with van der Waals surface area (Å²) in [7, 11) is 0. The van der Waals surface area contributed by atoms with E-state index in [4.69, 9.17) is 9.47 Å². The second-order valence-corrected chi connectivity index (χ2v) is 13.3. The van der Waals surface area contributed by atoms with Crippen LogP contribution >= 0.6 is 0 Å². The van der Waals surface area contributed by atoms with E-state index < -0.39 is 11.8 Å². The van der Waals surface area contributed by atoms with Crippen LogP contribution in [-0.2, 0) is 14.3 Å². The minimum Gasteiger partial charge on any atom is -0.394 e. The summed E-state index contributed by atoms with van der Waals surface area (Å²) in [6.07, 6.45) is 32.5. The first kappa shape index (κ1) is 38.4. The summed E-state index contributed by atoms with van der Waals surface area (Å²) < 4.78 is 12.4. The fourth-order valence-corrected chi connectivity index (χ4v) is 6.25. The highest BCUT2D eigenvalue weighted by Gasteiger charge is 2.44. The Balaban J connectivity index is 2.13. The largest absolute Gasteiger partial charge is 0.394 e. The number of unbranched alkanes of at least 4 members (excludes halogenated alkanes) is 22. The Labute approximate surface area is 255 Å². The van der Waals surface area contributed by atoms with Crippen molar-refractivity contribution in [2.45, 2.75) is 219 Å². The molecule has 0 bridgehead atoms. The highest BCUT2D eigenvalue weighted by atomic mass is 16.8. The number of aliphatic hydroxyl groups is 1. The van der Waals surface area contributed by atoms with Crippen molar-refractivity contribution < 1.29 is 19.4 Å². The van der Waals surface area contributed by atoms with Gasteiger partial charge in [-0.2, -0.15) is 0 Å². The molecule has 41 heavy (non-hydrogen) atoms. The van der Waals surface area contributed by atoms with E-state index in [1.807, 2.05) is 13.8 Å². The van der Waals surface area contributed by atoms with Crippen LogP contribution in [-0.4, -0.2) is 41.7 Å². The van der Waals surface area contributed by atoms with Crippen LogP contribution in [0.1, 0.15) is 195 Å². The Kier molecular flexibility index (Phi) is 24.2. The van der Waals surface area contributed by atoms with Gasteiger partial charge in [0.05, 0.1) is 18.8 Å². The molecular formula is C36H71NO4. The SMILES string of the molecule is CCCCCCCCCCCCCCCCCC(=O)N[C@@H](CO)[C@H]1OC(C)(C)O[C@@H]1CCCCCCCCCCC. The van der Waals surface area contributed by atoms with Crippen molar-refractivity contribution in [3.63, 3.8) is 0 Å². The third-order valence-electron chi connectivity index (χ3n) is 8.76. The van der Waals surface area contributed by atoms with E-state index in [2.05, 4.69) is 19.2 Å². The first-order chi connectivity index (χ1) is 19.9. The fourth-order valence-electron chi connectivity index (χ4n) is 6.25. The molecule has 0 spiro atoms. The van der Waals surface area contributed by atoms with E-state index in [1.54, 1.807) is 0 Å². The number of rotatable bonds is 29. The smallest absolute Gasteiger partial charge is 0.220 e. The third kappa shape index (κ3) is 20.8. The molecule has 244 valence electrons. The summed E-state index contributed by atoms with van der Waals surface area (Å²) in [6, 6.07) is -0.413. The first-order valence-electron chi connectivity index (χ1n) is 18.2. The van der Waals surface area contributed by atoms with Crippen LogP contribution in [0.4, 0.5) is 0 Å². The average Bonchev–Trinajstić information content (AvgIpc) is 3.26. The van der Waals surface area contributed by atoms with Crippen LogP contribution in [0.15, 0.2) is 0 Å². The molecule has 1 amide bonds. The number of aliphatic hydroxyl groups excluding tert-OH is 1. The Morgan fingerprint density at radius 2 is 1.02 bits per heavy atom. The summed E-state index contributed by atoms with van der Waals surface area (Å²) in [6.45, 7) is 8.28. The predicted molar refractivity (Wildman–Crippen MR) is 174 cm³/mol. The van der Waals surface area contributed by atoms with Crippen LogP contribution in [0, 0.1) is 0 Å². The Morgan fingerprint density at radius 1 is 0.634 bits per heavy atom. The van der Waals surface area contributed by atoms with Gasteiger partial charge in [-0.25, -0.2) is 0 Å². The second-order valence-electron chi connectivity index (χ2n) is 13.3. The van der Waals surface area contributed by atoms with Crippen molar-refractivity contribution in [3.8, 4) is 0 Å². The van der Waals surface area contributed by atoms with Gasteiger partial charge in [0.25, 0.3) is 0 Å². The molecule has 1 saturated heterocycles. The number of hydrogen-bond donors (Lipinski definition) is 2. The molecule has 0 aliphatic carbocycles. The van der Waals surface area contributed by atoms with Gasteiger partial charge in [-0.15, -0.1) is 0 Å². The van der Waals surface area contributed by atoms with Gasteiger partial charge in [-0.05, 0) is 26.7 Å². The summed E-state index contributed by atoms with van der Waals surface area (Å²) in [5.74, 6) is -0.657. The summed E-state index contributed by atoms with van der Waals surface area (Å²) in [4.78, 5) is 12.7. The molecule has 0 saturated carbocycles. The van der Waals surface area contributed by atoms with E-state index in [0.29, 0.717) is 6.42 Å². The zero-order valence-electron chi connectivity index (χ0n) is 28.0. The summed E-state index contributed by atoms with van der Waals surface area (Å²) in [5.41, 5.74) is 0. The maximum Gasteiger partial charge on any atom is 0.220 e. The number of amides is 1. The number of carbonyl (C=O) groups excluding carboxylic acids is 1. The first-order valence-corrected chi connectivity index (χ1v) is 18.2. The normalized spacial score (nSPS) is 19.0. The van der Waals surface area contributed by atoms with E-state index in [9.17, 15) is 9.90 Å². The zero-order valence-corrected chi connectivity index (χ0v) is 28.0. The topological polar surface area (TPSA) is 67.8 Å². The monoisotopic (exact) mass is 582 g/mol. The minimum absolute atomic E-state index is 0.0221. The van der Waals surface area contributed by atoms with Crippen molar-refractivity contribution in [3.05, 3.63) is 0 Å². The summed E-state index contributed by atoms with van der Waals surface area (Å²) in [5, 5.41) is 13.2. The van der Waals surface area contributed by atoms with E-state index in [1.165, 1.54) is 135 Å². The maximum atomic E-state index is 12.7. The molecule has 3 atom stereocenters. The fraction of sp³-hybridized carbons (Fsp3) is 0.972. The molecular weight excluding hydrogens is 510 g/mol. The standard InChI is InChI=1S/C36H71NO4/c1-5-7-9-11-13-15-16-17-18-19-20-22-24-26-28-30-34(39)37-32(31-38)35-33(40-36(3,4)41-35)29-27-25-23-21-14-12-10-8-6-2/h32-33,35,38H,5-31H2,1-4H3,(H,37,39)/t32-,33+,35+/m0/s1. The number of hydrogen-bond acceptors (Lipinski definition) is 4. The summed E-state index contributed by atoms with van der Waals surface area (Å²) >= 11 is 0. The molecule has 1 rings (SSSR count). The molecule has 0 unspecified atom stereocenters. The zero-order chi connectivity index (χ0) is 30.0. The van der Waals surface area contributed by atoms with Gasteiger partial charge in [0.15, 0.2) is 5.79 Å². The van der Waals surface area contributed by atoms with Gasteiger partial charge >= 0.3 is 0 Å². The van der Waals surface area contributed by atoms with E-state index in [0.717, 1.165) is 25.7 Å². The van der Waals surface area contributed by atoms with E-state index in [-0.39, 0.29) is 24.7 Å². The van der Waals surface area contributed by atoms with Crippen molar-refractivity contribution in [2.75, 3.05) is 6.61 Å². The molecule has 1 aliphatic rings. The lowest BCUT2D eigenvalue weighted by molar-refractivity contribution is -0.151. The lowest BCUT2D eigenvalue weighted by Crippen LogP contribution is -2.49. The van der Waals surface area contributed by atoms with Crippen LogP contribution < -0.4 is 5.32 Å². The number of ether oxygens (including phenoxy) is 2. The van der Waals surface area contributed by atoms with Crippen molar-refractivity contribution in [2.24, 2.45) is 0 Å². The average molecular weight is 582 g/mol. The van der Waals surface area contributed by atoms with Crippen LogP contribution in [0.5, 0.6) is 0 Å². The molecule has 0 aromatic heterocycles. The third-order valence-corrected chi connectivity index (χ3v) is 8.76. The Morgan fingerprint density at radius 3 is 1.44 bits per heavy atom. The second kappa shape index (κ2) is 25.8. The van der Waals surface area contributed by atoms with Crippen LogP contribution in [0.25, 0.3) is 0 Å². The molecule has 1 aliphatic heterocycles. The predicted octanol–water partition coefficient (Wildman–Crippen LogP) is 10.2. The maximum absolute atomic E-state index is 12.7. The van der Waals surface area contributed by atoms with Gasteiger partial charge in [-0.1, -0.05) is 162 Å². The molecule has 1 heterocycles. The molecule has 1 fully saturated rings. The molecule has 0 radical (unpaired) electrons. The van der Waals surface area contributed by atoms with Gasteiger partial charge in [0.1, 0.15) is 6.10 Å². The van der Waals surface area contributed by atoms with Crippen molar-refractivity contribution >= 4 is 5.91 Å². The lowest BCUT2D eigenvalue weighted by atomic mass is 9.99. The number of nitrogens with one attached hydrogen (secondary N) is 1. The van der Waals surface area contributed by atoms with Crippen molar-refractivity contribution in [1.82, 2.24) is 5.32 Å². The van der Waals surface area contributed by atoms with Gasteiger partial charge in [0.2, 0.25) is 5.91 Å². The number of carbonyl (C=O) groups is 1. The molecule has 2 N–H and O–H groups in total. The Hall–Kier alpha value is -0.650. The highest BCUT2D eigenvalue weighted by molar-refractivity contribution is 5.76. The van der Waals surface area contributed by atoms with Gasteiger partial charge < -0.3 is 19.9 Å². The lowest BCUT2D eigenvalue weighted by Gasteiger charge is -2.26. The van der Waals surface area contributed by atoms with Crippen molar-refractivity contribution in [1.29, 1.82) is 0 Å². The quantitative estimate of drug-likeness (QED) is 0.0862. The molecule has 0 aromatic rings. The highest BCUT2D eigenvalue weighted by Crippen LogP contribution is 2.33. The van der Waals surface area contributed by atoms with E-state index >= 15 is 0 Å². The van der Waals surface area contributed by atoms with Crippen LogP contribution in [0.2, 0.25) is 0 Å². The minimum atomic E-state index is -0.680. The van der Waals surface area contributed by atoms with Crippen LogP contribution in [0.3, 0.4) is 0 Å². The van der Waals surface area contributed by atoms with Gasteiger partial charge in [0, 0.05) is 6.42 Å².